The SMILES string of the molecule is COc1ccc(S(=O)(=O)NCC(C)(O)Cc2ccco2)c(OC)c1. The van der Waals surface area contributed by atoms with Crippen LogP contribution in [-0.2, 0) is 16.4 Å². The Kier molecular flexibility index (Phi) is 5.53. The Bertz CT molecular complexity index is 768. The van der Waals surface area contributed by atoms with Crippen LogP contribution in [0, 0.1) is 0 Å². The first-order valence-electron chi connectivity index (χ1n) is 7.24. The summed E-state index contributed by atoms with van der Waals surface area (Å²) >= 11 is 0. The fraction of sp³-hybridized carbons (Fsp3) is 0.375. The molecule has 0 amide bonds. The molecule has 2 N–H and O–H groups in total. The van der Waals surface area contributed by atoms with E-state index in [2.05, 4.69) is 4.72 Å². The summed E-state index contributed by atoms with van der Waals surface area (Å²) in [6, 6.07) is 7.82. The van der Waals surface area contributed by atoms with E-state index < -0.39 is 15.6 Å². The average Bonchev–Trinajstić information content (AvgIpc) is 3.04. The summed E-state index contributed by atoms with van der Waals surface area (Å²) in [6.07, 6.45) is 1.68. The quantitative estimate of drug-likeness (QED) is 0.746. The molecule has 8 heteroatoms. The molecule has 2 rings (SSSR count). The van der Waals surface area contributed by atoms with Gasteiger partial charge in [0.25, 0.3) is 0 Å². The standard InChI is InChI=1S/C16H21NO6S/c1-16(18,10-13-5-4-8-23-13)11-17-24(19,20)15-7-6-12(21-2)9-14(15)22-3/h4-9,17-18H,10-11H2,1-3H3. The van der Waals surface area contributed by atoms with Crippen LogP contribution in [0.1, 0.15) is 12.7 Å². The van der Waals surface area contributed by atoms with Crippen LogP contribution in [0.15, 0.2) is 45.9 Å². The van der Waals surface area contributed by atoms with Crippen LogP contribution < -0.4 is 14.2 Å². The smallest absolute Gasteiger partial charge is 0.244 e. The number of benzene rings is 1. The molecule has 0 aliphatic rings. The molecular weight excluding hydrogens is 334 g/mol. The summed E-state index contributed by atoms with van der Waals surface area (Å²) in [5, 5.41) is 10.4. The molecule has 2 aromatic rings. The normalized spacial score (nSPS) is 14.2. The van der Waals surface area contributed by atoms with Gasteiger partial charge in [0.05, 0.1) is 26.1 Å². The van der Waals surface area contributed by atoms with Crippen molar-refractivity contribution < 1.29 is 27.4 Å². The summed E-state index contributed by atoms with van der Waals surface area (Å²) in [5.41, 5.74) is -1.30. The number of ether oxygens (including phenoxy) is 2. The van der Waals surface area contributed by atoms with E-state index in [9.17, 15) is 13.5 Å². The Morgan fingerprint density at radius 1 is 1.25 bits per heavy atom. The van der Waals surface area contributed by atoms with Crippen molar-refractivity contribution in [3.8, 4) is 11.5 Å². The minimum atomic E-state index is -3.86. The van der Waals surface area contributed by atoms with Crippen molar-refractivity contribution in [2.45, 2.75) is 23.8 Å². The van der Waals surface area contributed by atoms with E-state index in [0.29, 0.717) is 11.5 Å². The van der Waals surface area contributed by atoms with Gasteiger partial charge >= 0.3 is 0 Å². The Morgan fingerprint density at radius 3 is 2.58 bits per heavy atom. The van der Waals surface area contributed by atoms with Crippen molar-refractivity contribution >= 4 is 10.0 Å². The molecule has 0 aliphatic heterocycles. The zero-order valence-corrected chi connectivity index (χ0v) is 14.6. The topological polar surface area (TPSA) is 98.0 Å². The maximum Gasteiger partial charge on any atom is 0.244 e. The average molecular weight is 355 g/mol. The van der Waals surface area contributed by atoms with Crippen molar-refractivity contribution in [2.24, 2.45) is 0 Å². The van der Waals surface area contributed by atoms with Crippen LogP contribution in [0.25, 0.3) is 0 Å². The first-order chi connectivity index (χ1) is 11.3. The summed E-state index contributed by atoms with van der Waals surface area (Å²) in [4.78, 5) is -0.0281. The lowest BCUT2D eigenvalue weighted by Crippen LogP contribution is -2.42. The predicted octanol–water partition coefficient (Wildman–Crippen LogP) is 1.57. The number of nitrogens with one attached hydrogen (secondary N) is 1. The van der Waals surface area contributed by atoms with Gasteiger partial charge in [-0.1, -0.05) is 0 Å². The molecule has 0 saturated carbocycles. The van der Waals surface area contributed by atoms with Crippen molar-refractivity contribution in [1.29, 1.82) is 0 Å². The summed E-state index contributed by atoms with van der Waals surface area (Å²) in [5.74, 6) is 1.21. The maximum atomic E-state index is 12.5. The van der Waals surface area contributed by atoms with E-state index in [-0.39, 0.29) is 23.6 Å². The third-order valence-corrected chi connectivity index (χ3v) is 4.88. The van der Waals surface area contributed by atoms with E-state index in [4.69, 9.17) is 13.9 Å². The van der Waals surface area contributed by atoms with Gasteiger partial charge in [-0.25, -0.2) is 13.1 Å². The van der Waals surface area contributed by atoms with Crippen LogP contribution in [0.3, 0.4) is 0 Å². The molecule has 7 nitrogen and oxygen atoms in total. The fourth-order valence-electron chi connectivity index (χ4n) is 2.18. The summed E-state index contributed by atoms with van der Waals surface area (Å²) < 4.78 is 42.7. The molecule has 0 fully saturated rings. The first-order valence-corrected chi connectivity index (χ1v) is 8.72. The van der Waals surface area contributed by atoms with Gasteiger partial charge in [0, 0.05) is 19.0 Å². The molecule has 1 heterocycles. The van der Waals surface area contributed by atoms with Crippen LogP contribution in [0.5, 0.6) is 11.5 Å². The molecule has 0 spiro atoms. The van der Waals surface area contributed by atoms with E-state index in [1.807, 2.05) is 0 Å². The predicted molar refractivity (Wildman–Crippen MR) is 87.8 cm³/mol. The Hall–Kier alpha value is -2.03. The van der Waals surface area contributed by atoms with E-state index in [0.717, 1.165) is 0 Å². The van der Waals surface area contributed by atoms with E-state index in [1.165, 1.54) is 45.6 Å². The van der Waals surface area contributed by atoms with E-state index >= 15 is 0 Å². The van der Waals surface area contributed by atoms with Gasteiger partial charge in [0.1, 0.15) is 22.2 Å². The zero-order chi connectivity index (χ0) is 17.8. The Labute approximate surface area is 141 Å². The number of hydrogen-bond donors (Lipinski definition) is 2. The van der Waals surface area contributed by atoms with Gasteiger partial charge in [-0.15, -0.1) is 0 Å². The van der Waals surface area contributed by atoms with Gasteiger partial charge in [0.15, 0.2) is 0 Å². The number of rotatable bonds is 8. The minimum Gasteiger partial charge on any atom is -0.497 e. The van der Waals surface area contributed by atoms with Gasteiger partial charge in [0.2, 0.25) is 10.0 Å². The third kappa shape index (κ3) is 4.50. The second kappa shape index (κ2) is 7.25. The van der Waals surface area contributed by atoms with Crippen molar-refractivity contribution in [1.82, 2.24) is 4.72 Å². The first kappa shape index (κ1) is 18.3. The molecule has 0 bridgehead atoms. The number of methoxy groups -OCH3 is 2. The van der Waals surface area contributed by atoms with E-state index in [1.54, 1.807) is 12.1 Å². The highest BCUT2D eigenvalue weighted by Gasteiger charge is 2.27. The second-order valence-corrected chi connectivity index (χ2v) is 7.33. The minimum absolute atomic E-state index is 0.0281. The molecule has 1 atom stereocenters. The number of sulfonamides is 1. The van der Waals surface area contributed by atoms with Gasteiger partial charge in [-0.3, -0.25) is 0 Å². The van der Waals surface area contributed by atoms with Crippen molar-refractivity contribution in [3.63, 3.8) is 0 Å². The fourth-order valence-corrected chi connectivity index (χ4v) is 3.49. The largest absolute Gasteiger partial charge is 0.497 e. The second-order valence-electron chi connectivity index (χ2n) is 5.59. The number of hydrogen-bond acceptors (Lipinski definition) is 6. The van der Waals surface area contributed by atoms with Gasteiger partial charge in [-0.05, 0) is 31.2 Å². The highest BCUT2D eigenvalue weighted by molar-refractivity contribution is 7.89. The highest BCUT2D eigenvalue weighted by atomic mass is 32.2. The zero-order valence-electron chi connectivity index (χ0n) is 13.8. The van der Waals surface area contributed by atoms with Crippen LogP contribution in [-0.4, -0.2) is 39.9 Å². The Morgan fingerprint density at radius 2 is 2.00 bits per heavy atom. The summed E-state index contributed by atoms with van der Waals surface area (Å²) in [7, 11) is -1.01. The monoisotopic (exact) mass is 355 g/mol. The molecule has 0 radical (unpaired) electrons. The van der Waals surface area contributed by atoms with Gasteiger partial charge < -0.3 is 19.0 Å². The highest BCUT2D eigenvalue weighted by Crippen LogP contribution is 2.28. The molecule has 0 aliphatic carbocycles. The van der Waals surface area contributed by atoms with Crippen molar-refractivity contribution in [2.75, 3.05) is 20.8 Å². The molecule has 1 aromatic carbocycles. The number of aliphatic hydroxyl groups is 1. The van der Waals surface area contributed by atoms with Crippen LogP contribution in [0.4, 0.5) is 0 Å². The lowest BCUT2D eigenvalue weighted by Gasteiger charge is -2.23. The number of furan rings is 1. The third-order valence-electron chi connectivity index (χ3n) is 3.44. The van der Waals surface area contributed by atoms with Crippen LogP contribution in [0.2, 0.25) is 0 Å². The molecule has 24 heavy (non-hydrogen) atoms. The van der Waals surface area contributed by atoms with Gasteiger partial charge in [-0.2, -0.15) is 0 Å². The maximum absolute atomic E-state index is 12.5. The van der Waals surface area contributed by atoms with Crippen LogP contribution >= 0.6 is 0 Å². The molecule has 1 unspecified atom stereocenters. The Balaban J connectivity index is 2.13. The summed E-state index contributed by atoms with van der Waals surface area (Å²) in [6.45, 7) is 1.36. The van der Waals surface area contributed by atoms with Crippen molar-refractivity contribution in [3.05, 3.63) is 42.4 Å². The molecule has 132 valence electrons. The lowest BCUT2D eigenvalue weighted by molar-refractivity contribution is 0.0603. The molecular formula is C16H21NO6S. The lowest BCUT2D eigenvalue weighted by atomic mass is 10.0. The molecule has 0 saturated heterocycles. The molecule has 1 aromatic heterocycles.